The predicted molar refractivity (Wildman–Crippen MR) is 98.6 cm³/mol. The molecule has 7 heteroatoms. The summed E-state index contributed by atoms with van der Waals surface area (Å²) in [5, 5.41) is 30.1. The number of hydrogen-bond acceptors (Lipinski definition) is 7. The summed E-state index contributed by atoms with van der Waals surface area (Å²) >= 11 is 0. The first-order valence-electron chi connectivity index (χ1n) is 8.78. The minimum absolute atomic E-state index is 0.0112. The zero-order valence-corrected chi connectivity index (χ0v) is 15.3. The van der Waals surface area contributed by atoms with Gasteiger partial charge in [0.2, 0.25) is 0 Å². The fourth-order valence-corrected chi connectivity index (χ4v) is 4.02. The van der Waals surface area contributed by atoms with Gasteiger partial charge in [0.15, 0.2) is 28.8 Å². The van der Waals surface area contributed by atoms with Crippen molar-refractivity contribution in [3.8, 4) is 23.0 Å². The summed E-state index contributed by atoms with van der Waals surface area (Å²) in [7, 11) is 2.88. The Kier molecular flexibility index (Phi) is 4.39. The number of ether oxygens (including phenoxy) is 3. The van der Waals surface area contributed by atoms with Crippen LogP contribution in [0.2, 0.25) is 0 Å². The number of rotatable bonds is 4. The minimum Gasteiger partial charge on any atom is -0.512 e. The molecule has 7 nitrogen and oxygen atoms in total. The molecule has 4 atom stereocenters. The first-order chi connectivity index (χ1) is 13.4. The van der Waals surface area contributed by atoms with Crippen LogP contribution in [0.3, 0.4) is 0 Å². The van der Waals surface area contributed by atoms with Crippen LogP contribution in [0.1, 0.15) is 23.3 Å². The Morgan fingerprint density at radius 1 is 0.821 bits per heavy atom. The lowest BCUT2D eigenvalue weighted by molar-refractivity contribution is -0.119. The number of phenolic OH excluding ortho intramolecular Hbond substituents is 2. The van der Waals surface area contributed by atoms with Gasteiger partial charge in [-0.2, -0.15) is 0 Å². The van der Waals surface area contributed by atoms with Gasteiger partial charge in [-0.1, -0.05) is 12.1 Å². The average Bonchev–Trinajstić information content (AvgIpc) is 3.22. The van der Waals surface area contributed by atoms with Crippen LogP contribution in [-0.2, 0) is 9.53 Å². The molecule has 1 aliphatic heterocycles. The maximum absolute atomic E-state index is 12.6. The molecule has 2 aliphatic rings. The molecule has 0 aromatic heterocycles. The smallest absolute Gasteiger partial charge is 0.165 e. The van der Waals surface area contributed by atoms with Gasteiger partial charge in [0, 0.05) is 6.08 Å². The number of aliphatic hydroxyl groups is 1. The molecule has 28 heavy (non-hydrogen) atoms. The lowest BCUT2D eigenvalue weighted by Crippen LogP contribution is -2.19. The van der Waals surface area contributed by atoms with E-state index in [0.717, 1.165) is 0 Å². The van der Waals surface area contributed by atoms with Gasteiger partial charge >= 0.3 is 0 Å². The van der Waals surface area contributed by atoms with E-state index in [1.54, 1.807) is 24.3 Å². The summed E-state index contributed by atoms with van der Waals surface area (Å²) < 4.78 is 16.6. The van der Waals surface area contributed by atoms with E-state index in [9.17, 15) is 20.1 Å². The molecule has 1 fully saturated rings. The molecule has 1 heterocycles. The molecule has 146 valence electrons. The average molecular weight is 384 g/mol. The van der Waals surface area contributed by atoms with Crippen molar-refractivity contribution in [1.29, 1.82) is 0 Å². The highest BCUT2D eigenvalue weighted by molar-refractivity contribution is 5.96. The van der Waals surface area contributed by atoms with E-state index >= 15 is 0 Å². The first-order valence-corrected chi connectivity index (χ1v) is 8.78. The Morgan fingerprint density at radius 2 is 1.32 bits per heavy atom. The van der Waals surface area contributed by atoms with Crippen molar-refractivity contribution < 1.29 is 34.3 Å². The fourth-order valence-electron chi connectivity index (χ4n) is 4.02. The second kappa shape index (κ2) is 6.76. The quantitative estimate of drug-likeness (QED) is 0.743. The Morgan fingerprint density at radius 3 is 1.82 bits per heavy atom. The van der Waals surface area contributed by atoms with Gasteiger partial charge in [0.1, 0.15) is 5.76 Å². The van der Waals surface area contributed by atoms with E-state index < -0.39 is 24.0 Å². The minimum atomic E-state index is -0.627. The summed E-state index contributed by atoms with van der Waals surface area (Å²) in [6, 6.07) is 9.57. The van der Waals surface area contributed by atoms with Crippen molar-refractivity contribution in [3.05, 3.63) is 59.4 Å². The molecule has 0 radical (unpaired) electrons. The zero-order chi connectivity index (χ0) is 20.0. The number of phenols is 2. The van der Waals surface area contributed by atoms with Crippen LogP contribution >= 0.6 is 0 Å². The van der Waals surface area contributed by atoms with Crippen LogP contribution < -0.4 is 9.47 Å². The van der Waals surface area contributed by atoms with Crippen molar-refractivity contribution in [2.24, 2.45) is 11.8 Å². The van der Waals surface area contributed by atoms with Crippen molar-refractivity contribution in [3.63, 3.8) is 0 Å². The normalized spacial score (nSPS) is 26.1. The second-order valence-corrected chi connectivity index (χ2v) is 6.86. The summed E-state index contributed by atoms with van der Waals surface area (Å²) in [5.74, 6) is -0.865. The monoisotopic (exact) mass is 384 g/mol. The number of hydrogen-bond donors (Lipinski definition) is 3. The van der Waals surface area contributed by atoms with Crippen LogP contribution in [0, 0.1) is 11.8 Å². The van der Waals surface area contributed by atoms with Gasteiger partial charge in [-0.15, -0.1) is 0 Å². The Labute approximate surface area is 161 Å². The fraction of sp³-hybridized carbons (Fsp3) is 0.286. The molecule has 0 bridgehead atoms. The molecule has 0 amide bonds. The number of aromatic hydroxyl groups is 2. The van der Waals surface area contributed by atoms with Gasteiger partial charge in [-0.05, 0) is 35.4 Å². The summed E-state index contributed by atoms with van der Waals surface area (Å²) in [6.45, 7) is 0. The second-order valence-electron chi connectivity index (χ2n) is 6.86. The first kappa shape index (κ1) is 18.2. The Balaban J connectivity index is 1.76. The van der Waals surface area contributed by atoms with E-state index in [4.69, 9.17) is 14.2 Å². The van der Waals surface area contributed by atoms with Crippen LogP contribution in [-0.4, -0.2) is 35.3 Å². The lowest BCUT2D eigenvalue weighted by atomic mass is 9.84. The third-order valence-electron chi connectivity index (χ3n) is 5.36. The van der Waals surface area contributed by atoms with E-state index in [1.807, 2.05) is 0 Å². The molecule has 1 aliphatic carbocycles. The number of ketones is 1. The standard InChI is InChI=1S/C21H20O7/c1-26-16-7-10(3-5-12(16)22)20-18-14(24)9-15(25)19(18)21(28-20)11-4-6-13(23)17(8-11)27-2/h3-9,18-24H,1-2H3/t18-,19+,20+,21-/m1/s1. The molecule has 0 saturated carbocycles. The SMILES string of the molecule is COc1cc([C@H]2O[C@@H](c3ccc(O)c(OC)c3)[C@@H]3C(O)=CC(=O)[C@@H]32)ccc1O. The number of methoxy groups -OCH3 is 2. The van der Waals surface area contributed by atoms with Crippen molar-refractivity contribution in [2.45, 2.75) is 12.2 Å². The number of benzene rings is 2. The molecule has 2 aromatic rings. The molecule has 3 N–H and O–H groups in total. The Hall–Kier alpha value is -3.19. The van der Waals surface area contributed by atoms with Gasteiger partial charge < -0.3 is 29.5 Å². The van der Waals surface area contributed by atoms with E-state index in [0.29, 0.717) is 11.1 Å². The van der Waals surface area contributed by atoms with Crippen molar-refractivity contribution in [2.75, 3.05) is 14.2 Å². The van der Waals surface area contributed by atoms with Crippen LogP contribution in [0.4, 0.5) is 0 Å². The summed E-state index contributed by atoms with van der Waals surface area (Å²) in [6.07, 6.45) is 0.0114. The highest BCUT2D eigenvalue weighted by Crippen LogP contribution is 2.55. The molecular formula is C21H20O7. The van der Waals surface area contributed by atoms with Crippen LogP contribution in [0.5, 0.6) is 23.0 Å². The maximum atomic E-state index is 12.6. The van der Waals surface area contributed by atoms with E-state index in [1.165, 1.54) is 32.4 Å². The number of carbonyl (C=O) groups is 1. The van der Waals surface area contributed by atoms with Gasteiger partial charge in [0.05, 0.1) is 38.3 Å². The highest BCUT2D eigenvalue weighted by Gasteiger charge is 2.54. The van der Waals surface area contributed by atoms with Gasteiger partial charge in [-0.3, -0.25) is 4.79 Å². The Bertz CT molecular complexity index is 965. The molecule has 4 rings (SSSR count). The molecule has 0 unspecified atom stereocenters. The predicted octanol–water partition coefficient (Wildman–Crippen LogP) is 3.18. The molecule has 0 spiro atoms. The van der Waals surface area contributed by atoms with Crippen LogP contribution in [0.25, 0.3) is 0 Å². The van der Waals surface area contributed by atoms with Gasteiger partial charge in [0.25, 0.3) is 0 Å². The highest BCUT2D eigenvalue weighted by atomic mass is 16.5. The number of fused-ring (bicyclic) bond motifs is 1. The summed E-state index contributed by atoms with van der Waals surface area (Å²) in [5.41, 5.74) is 1.34. The van der Waals surface area contributed by atoms with Crippen molar-refractivity contribution in [1.82, 2.24) is 0 Å². The summed E-state index contributed by atoms with van der Waals surface area (Å²) in [4.78, 5) is 12.6. The lowest BCUT2D eigenvalue weighted by Gasteiger charge is -2.19. The molecular weight excluding hydrogens is 364 g/mol. The number of carbonyl (C=O) groups excluding carboxylic acids is 1. The number of allylic oxidation sites excluding steroid dienone is 1. The van der Waals surface area contributed by atoms with Crippen LogP contribution in [0.15, 0.2) is 48.2 Å². The van der Waals surface area contributed by atoms with E-state index in [-0.39, 0.29) is 34.5 Å². The van der Waals surface area contributed by atoms with E-state index in [2.05, 4.69) is 0 Å². The third-order valence-corrected chi connectivity index (χ3v) is 5.36. The topological polar surface area (TPSA) is 105 Å². The molecule has 1 saturated heterocycles. The maximum Gasteiger partial charge on any atom is 0.165 e. The zero-order valence-electron chi connectivity index (χ0n) is 15.3. The van der Waals surface area contributed by atoms with Gasteiger partial charge in [-0.25, -0.2) is 0 Å². The van der Waals surface area contributed by atoms with Crippen molar-refractivity contribution >= 4 is 5.78 Å². The number of aliphatic hydroxyl groups excluding tert-OH is 1. The third kappa shape index (κ3) is 2.75. The largest absolute Gasteiger partial charge is 0.512 e. The molecule has 2 aromatic carbocycles.